The Bertz CT molecular complexity index is 771. The molecule has 0 spiro atoms. The maximum absolute atomic E-state index is 13.0. The van der Waals surface area contributed by atoms with Gasteiger partial charge in [0.2, 0.25) is 0 Å². The number of nitrogens with one attached hydrogen (secondary N) is 1. The molecule has 1 N–H and O–H groups in total. The van der Waals surface area contributed by atoms with Crippen molar-refractivity contribution in [3.63, 3.8) is 0 Å². The molecule has 0 unspecified atom stereocenters. The number of hydrogen-bond donors (Lipinski definition) is 1. The van der Waals surface area contributed by atoms with E-state index < -0.39 is 11.7 Å². The molecular formula is C18H15ClF3NO2. The van der Waals surface area contributed by atoms with Crippen molar-refractivity contribution >= 4 is 23.1 Å². The Morgan fingerprint density at radius 3 is 2.48 bits per heavy atom. The highest BCUT2D eigenvalue weighted by Crippen LogP contribution is 2.36. The summed E-state index contributed by atoms with van der Waals surface area (Å²) in [5.41, 5.74) is -0.695. The number of hydrogen-bond acceptors (Lipinski definition) is 3. The fourth-order valence-corrected chi connectivity index (χ4v) is 2.23. The molecule has 7 heteroatoms. The van der Waals surface area contributed by atoms with Crippen LogP contribution in [0.25, 0.3) is 0 Å². The molecule has 2 aromatic carbocycles. The van der Waals surface area contributed by atoms with E-state index in [-0.39, 0.29) is 16.5 Å². The van der Waals surface area contributed by atoms with Gasteiger partial charge < -0.3 is 10.1 Å². The normalized spacial score (nSPS) is 11.6. The summed E-state index contributed by atoms with van der Waals surface area (Å²) in [6, 6.07) is 9.84. The van der Waals surface area contributed by atoms with Crippen LogP contribution in [0.5, 0.6) is 5.75 Å². The summed E-state index contributed by atoms with van der Waals surface area (Å²) >= 11 is 5.61. The molecule has 0 atom stereocenters. The topological polar surface area (TPSA) is 38.3 Å². The minimum absolute atomic E-state index is 0.0210. The summed E-state index contributed by atoms with van der Waals surface area (Å²) in [4.78, 5) is 12.0. The predicted octanol–water partition coefficient (Wildman–Crippen LogP) is 5.57. The molecule has 0 saturated heterocycles. The molecule has 0 aliphatic rings. The first-order valence-electron chi connectivity index (χ1n) is 7.38. The summed E-state index contributed by atoms with van der Waals surface area (Å²) in [7, 11) is 0. The average Bonchev–Trinajstić information content (AvgIpc) is 2.56. The third kappa shape index (κ3) is 5.26. The molecule has 0 fully saturated rings. The van der Waals surface area contributed by atoms with Crippen LogP contribution in [-0.4, -0.2) is 12.4 Å². The lowest BCUT2D eigenvalue weighted by Crippen LogP contribution is -2.08. The van der Waals surface area contributed by atoms with Gasteiger partial charge in [0.05, 0.1) is 17.9 Å². The quantitative estimate of drug-likeness (QED) is 0.534. The second kappa shape index (κ2) is 8.07. The lowest BCUT2D eigenvalue weighted by atomic mass is 10.1. The lowest BCUT2D eigenvalue weighted by molar-refractivity contribution is -0.136. The summed E-state index contributed by atoms with van der Waals surface area (Å²) in [5.74, 6) is 0.287. The Balaban J connectivity index is 2.09. The molecule has 0 aliphatic heterocycles. The third-order valence-corrected chi connectivity index (χ3v) is 3.45. The maximum Gasteiger partial charge on any atom is 0.418 e. The smallest absolute Gasteiger partial charge is 0.418 e. The van der Waals surface area contributed by atoms with Gasteiger partial charge in [-0.1, -0.05) is 11.6 Å². The van der Waals surface area contributed by atoms with Crippen LogP contribution in [-0.2, 0) is 6.18 Å². The van der Waals surface area contributed by atoms with E-state index in [4.69, 9.17) is 16.3 Å². The molecule has 0 heterocycles. The molecule has 25 heavy (non-hydrogen) atoms. The van der Waals surface area contributed by atoms with E-state index in [0.29, 0.717) is 17.9 Å². The number of carbonyl (C=O) groups is 1. The van der Waals surface area contributed by atoms with Gasteiger partial charge in [-0.2, -0.15) is 13.2 Å². The molecule has 0 amide bonds. The van der Waals surface area contributed by atoms with Crippen LogP contribution >= 0.6 is 11.6 Å². The van der Waals surface area contributed by atoms with Crippen molar-refractivity contribution in [2.75, 3.05) is 11.9 Å². The highest BCUT2D eigenvalue weighted by Gasteiger charge is 2.33. The van der Waals surface area contributed by atoms with Crippen LogP contribution in [0, 0.1) is 0 Å². The van der Waals surface area contributed by atoms with Crippen molar-refractivity contribution in [2.24, 2.45) is 0 Å². The van der Waals surface area contributed by atoms with Crippen LogP contribution in [0.2, 0.25) is 5.02 Å². The molecule has 3 nitrogen and oxygen atoms in total. The van der Waals surface area contributed by atoms with Crippen LogP contribution < -0.4 is 10.1 Å². The Hall–Kier alpha value is -2.47. The number of carbonyl (C=O) groups excluding carboxylic acids is 1. The van der Waals surface area contributed by atoms with Gasteiger partial charge in [-0.15, -0.1) is 0 Å². The van der Waals surface area contributed by atoms with E-state index in [1.807, 2.05) is 6.92 Å². The Labute approximate surface area is 148 Å². The summed E-state index contributed by atoms with van der Waals surface area (Å²) in [5, 5.41) is 2.45. The maximum atomic E-state index is 13.0. The Kier molecular flexibility index (Phi) is 6.09. The fourth-order valence-electron chi connectivity index (χ4n) is 2.06. The van der Waals surface area contributed by atoms with E-state index in [2.05, 4.69) is 5.32 Å². The van der Waals surface area contributed by atoms with Gasteiger partial charge in [0.15, 0.2) is 5.78 Å². The summed E-state index contributed by atoms with van der Waals surface area (Å²) in [6.07, 6.45) is -2.23. The fraction of sp³-hybridized carbons (Fsp3) is 0.167. The van der Waals surface area contributed by atoms with Gasteiger partial charge in [-0.25, -0.2) is 0 Å². The molecular weight excluding hydrogens is 355 g/mol. The summed E-state index contributed by atoms with van der Waals surface area (Å²) in [6.45, 7) is 2.36. The molecule has 0 aliphatic carbocycles. The Morgan fingerprint density at radius 1 is 1.20 bits per heavy atom. The first-order chi connectivity index (χ1) is 11.8. The van der Waals surface area contributed by atoms with E-state index in [9.17, 15) is 18.0 Å². The van der Waals surface area contributed by atoms with Crippen molar-refractivity contribution in [3.05, 3.63) is 70.9 Å². The first-order valence-corrected chi connectivity index (χ1v) is 7.76. The minimum atomic E-state index is -4.56. The molecule has 0 aromatic heterocycles. The number of allylic oxidation sites excluding steroid dienone is 1. The zero-order chi connectivity index (χ0) is 18.4. The number of ketones is 1. The zero-order valence-corrected chi connectivity index (χ0v) is 14.0. The second-order valence-corrected chi connectivity index (χ2v) is 5.42. The average molecular weight is 370 g/mol. The SMILES string of the molecule is CCOc1ccc(C(=O)/C=C/Nc2ccc(Cl)cc2C(F)(F)F)cc1. The second-order valence-electron chi connectivity index (χ2n) is 4.99. The zero-order valence-electron chi connectivity index (χ0n) is 13.2. The molecule has 0 bridgehead atoms. The molecule has 2 aromatic rings. The number of rotatable bonds is 6. The monoisotopic (exact) mass is 369 g/mol. The standard InChI is InChI=1S/C18H15ClF3NO2/c1-2-25-14-6-3-12(4-7-14)17(24)9-10-23-16-8-5-13(19)11-15(16)18(20,21)22/h3-11,23H,2H2,1H3/b10-9+. The Morgan fingerprint density at radius 2 is 1.88 bits per heavy atom. The van der Waals surface area contributed by atoms with Crippen molar-refractivity contribution in [1.82, 2.24) is 0 Å². The highest BCUT2D eigenvalue weighted by atomic mass is 35.5. The van der Waals surface area contributed by atoms with Gasteiger partial charge in [0.1, 0.15) is 5.75 Å². The molecule has 2 rings (SSSR count). The van der Waals surface area contributed by atoms with E-state index in [1.54, 1.807) is 24.3 Å². The number of anilines is 1. The van der Waals surface area contributed by atoms with Gasteiger partial charge in [0.25, 0.3) is 0 Å². The number of ether oxygens (including phenoxy) is 1. The van der Waals surface area contributed by atoms with Gasteiger partial charge in [-0.05, 0) is 49.4 Å². The van der Waals surface area contributed by atoms with Crippen molar-refractivity contribution in [2.45, 2.75) is 13.1 Å². The van der Waals surface area contributed by atoms with E-state index in [0.717, 1.165) is 18.3 Å². The molecule has 0 radical (unpaired) electrons. The van der Waals surface area contributed by atoms with E-state index >= 15 is 0 Å². The van der Waals surface area contributed by atoms with Gasteiger partial charge in [-0.3, -0.25) is 4.79 Å². The van der Waals surface area contributed by atoms with Crippen molar-refractivity contribution < 1.29 is 22.7 Å². The number of halogens is 4. The molecule has 0 saturated carbocycles. The number of alkyl halides is 3. The van der Waals surface area contributed by atoms with Gasteiger partial charge >= 0.3 is 6.18 Å². The minimum Gasteiger partial charge on any atom is -0.494 e. The lowest BCUT2D eigenvalue weighted by Gasteiger charge is -2.12. The first kappa shape index (κ1) is 18.9. The summed E-state index contributed by atoms with van der Waals surface area (Å²) < 4.78 is 44.2. The van der Waals surface area contributed by atoms with E-state index in [1.165, 1.54) is 12.1 Å². The largest absolute Gasteiger partial charge is 0.494 e. The van der Waals surface area contributed by atoms with Gasteiger partial charge in [0, 0.05) is 22.9 Å². The van der Waals surface area contributed by atoms with Crippen LogP contribution in [0.3, 0.4) is 0 Å². The predicted molar refractivity (Wildman–Crippen MR) is 91.2 cm³/mol. The van der Waals surface area contributed by atoms with Crippen molar-refractivity contribution in [3.8, 4) is 5.75 Å². The highest BCUT2D eigenvalue weighted by molar-refractivity contribution is 6.30. The van der Waals surface area contributed by atoms with Crippen LogP contribution in [0.4, 0.5) is 18.9 Å². The number of benzene rings is 2. The third-order valence-electron chi connectivity index (χ3n) is 3.21. The van der Waals surface area contributed by atoms with Crippen LogP contribution in [0.1, 0.15) is 22.8 Å². The van der Waals surface area contributed by atoms with Crippen LogP contribution in [0.15, 0.2) is 54.7 Å². The van der Waals surface area contributed by atoms with Crippen molar-refractivity contribution in [1.29, 1.82) is 0 Å². The molecule has 132 valence electrons.